The van der Waals surface area contributed by atoms with E-state index in [4.69, 9.17) is 49.7 Å². The molecular formula is C30H28MgN2S4. The van der Waals surface area contributed by atoms with Crippen molar-refractivity contribution >= 4 is 104 Å². The standard InChI is InChI=1S/2C15H15NS2.Mg/c2*1-11-3-7-13(8-4-11)16(15(17)18)14-9-5-12(2)6-10-14;/h2*3-10H,1-2H3,(H,17,18);/q;;+2/p-2. The normalized spacial score (nSPS) is 9.84. The molecule has 0 saturated heterocycles. The van der Waals surface area contributed by atoms with Gasteiger partial charge in [0.25, 0.3) is 0 Å². The zero-order valence-corrected chi connectivity index (χ0v) is 26.2. The molecule has 0 radical (unpaired) electrons. The van der Waals surface area contributed by atoms with Crippen molar-refractivity contribution in [1.29, 1.82) is 0 Å². The quantitative estimate of drug-likeness (QED) is 0.138. The molecule has 37 heavy (non-hydrogen) atoms. The van der Waals surface area contributed by atoms with Gasteiger partial charge in [-0.05, 0) is 76.2 Å². The van der Waals surface area contributed by atoms with Crippen LogP contribution >= 0.6 is 24.4 Å². The summed E-state index contributed by atoms with van der Waals surface area (Å²) in [7, 11) is 0. The molecule has 0 unspecified atom stereocenters. The van der Waals surface area contributed by atoms with Gasteiger partial charge < -0.3 is 59.5 Å². The first-order chi connectivity index (χ1) is 17.2. The second-order valence-corrected chi connectivity index (χ2v) is 10.6. The molecular weight excluding hydrogens is 541 g/mol. The molecule has 0 aliphatic heterocycles. The van der Waals surface area contributed by atoms with Crippen molar-refractivity contribution in [2.24, 2.45) is 0 Å². The first-order valence-corrected chi connectivity index (χ1v) is 13.1. The van der Waals surface area contributed by atoms with Crippen LogP contribution in [0.5, 0.6) is 0 Å². The third-order valence-electron chi connectivity index (χ3n) is 5.53. The Morgan fingerprint density at radius 2 is 0.595 bits per heavy atom. The Morgan fingerprint density at radius 1 is 0.432 bits per heavy atom. The van der Waals surface area contributed by atoms with Crippen molar-refractivity contribution in [1.82, 2.24) is 0 Å². The topological polar surface area (TPSA) is 6.48 Å². The monoisotopic (exact) mass is 568 g/mol. The van der Waals surface area contributed by atoms with E-state index >= 15 is 0 Å². The first kappa shape index (κ1) is 31.1. The van der Waals surface area contributed by atoms with Gasteiger partial charge >= 0.3 is 23.1 Å². The minimum absolute atomic E-state index is 0. The van der Waals surface area contributed by atoms with Crippen LogP contribution in [0.2, 0.25) is 0 Å². The number of rotatable bonds is 4. The van der Waals surface area contributed by atoms with E-state index < -0.39 is 0 Å². The van der Waals surface area contributed by atoms with Crippen LogP contribution in [0.15, 0.2) is 97.1 Å². The van der Waals surface area contributed by atoms with Gasteiger partial charge in [0.1, 0.15) is 0 Å². The molecule has 184 valence electrons. The smallest absolute Gasteiger partial charge is 0.411 e. The Labute approximate surface area is 259 Å². The first-order valence-electron chi connectivity index (χ1n) is 11.4. The summed E-state index contributed by atoms with van der Waals surface area (Å²) >= 11 is 20.7. The predicted molar refractivity (Wildman–Crippen MR) is 175 cm³/mol. The Hall–Kier alpha value is -2.13. The molecule has 4 rings (SSSR count). The summed E-state index contributed by atoms with van der Waals surface area (Å²) in [6.45, 7) is 8.25. The number of hydrogen-bond donors (Lipinski definition) is 0. The van der Waals surface area contributed by atoms with Crippen molar-refractivity contribution in [2.75, 3.05) is 9.80 Å². The van der Waals surface area contributed by atoms with Crippen LogP contribution in [0.1, 0.15) is 22.3 Å². The Balaban J connectivity index is 0.000000253. The molecule has 0 heterocycles. The number of thiocarbonyl (C=S) groups is 2. The average Bonchev–Trinajstić information content (AvgIpc) is 2.84. The van der Waals surface area contributed by atoms with E-state index in [0.717, 1.165) is 22.7 Å². The predicted octanol–water partition coefficient (Wildman–Crippen LogP) is 8.17. The van der Waals surface area contributed by atoms with Gasteiger partial charge in [0.2, 0.25) is 0 Å². The Kier molecular flexibility index (Phi) is 12.4. The van der Waals surface area contributed by atoms with Crippen molar-refractivity contribution in [3.63, 3.8) is 0 Å². The molecule has 0 aliphatic carbocycles. The number of anilines is 4. The summed E-state index contributed by atoms with van der Waals surface area (Å²) in [5.74, 6) is 0. The summed E-state index contributed by atoms with van der Waals surface area (Å²) < 4.78 is 0.866. The average molecular weight is 569 g/mol. The van der Waals surface area contributed by atoms with Crippen molar-refractivity contribution in [3.8, 4) is 0 Å². The number of benzene rings is 4. The number of nitrogens with zero attached hydrogens (tertiary/aromatic N) is 2. The van der Waals surface area contributed by atoms with E-state index in [-0.39, 0.29) is 23.1 Å². The van der Waals surface area contributed by atoms with E-state index in [1.54, 1.807) is 0 Å². The molecule has 0 saturated carbocycles. The van der Waals surface area contributed by atoms with Gasteiger partial charge in [0, 0.05) is 22.7 Å². The van der Waals surface area contributed by atoms with Crippen LogP contribution in [-0.2, 0) is 25.3 Å². The van der Waals surface area contributed by atoms with Gasteiger partial charge in [-0.15, -0.1) is 0 Å². The van der Waals surface area contributed by atoms with Crippen molar-refractivity contribution in [2.45, 2.75) is 27.7 Å². The minimum atomic E-state index is 0. The molecule has 4 aromatic carbocycles. The van der Waals surface area contributed by atoms with Crippen LogP contribution < -0.4 is 9.80 Å². The Morgan fingerprint density at radius 3 is 0.730 bits per heavy atom. The summed E-state index contributed by atoms with van der Waals surface area (Å²) in [4.78, 5) is 3.81. The summed E-state index contributed by atoms with van der Waals surface area (Å²) in [6, 6.07) is 32.8. The van der Waals surface area contributed by atoms with Gasteiger partial charge in [-0.2, -0.15) is 0 Å². The molecule has 7 heteroatoms. The zero-order valence-electron chi connectivity index (χ0n) is 21.5. The second kappa shape index (κ2) is 14.7. The van der Waals surface area contributed by atoms with Gasteiger partial charge in [-0.25, -0.2) is 0 Å². The van der Waals surface area contributed by atoms with Crippen molar-refractivity contribution in [3.05, 3.63) is 119 Å². The Bertz CT molecular complexity index is 1110. The zero-order chi connectivity index (χ0) is 26.2. The van der Waals surface area contributed by atoms with E-state index in [0.29, 0.717) is 8.64 Å². The van der Waals surface area contributed by atoms with Crippen LogP contribution in [0, 0.1) is 27.7 Å². The fourth-order valence-corrected chi connectivity index (χ4v) is 4.34. The molecule has 0 aromatic heterocycles. The van der Waals surface area contributed by atoms with Crippen LogP contribution in [-0.4, -0.2) is 31.7 Å². The molecule has 2 nitrogen and oxygen atoms in total. The van der Waals surface area contributed by atoms with E-state index in [2.05, 4.69) is 76.2 Å². The fraction of sp³-hybridized carbons (Fsp3) is 0.133. The molecule has 4 aromatic rings. The largest absolute Gasteiger partial charge is 2.00 e. The summed E-state index contributed by atoms with van der Waals surface area (Å²) in [6.07, 6.45) is 0. The maximum atomic E-state index is 5.19. The molecule has 0 fully saturated rings. The molecule has 0 N–H and O–H groups in total. The molecule has 0 bridgehead atoms. The van der Waals surface area contributed by atoms with Crippen LogP contribution in [0.3, 0.4) is 0 Å². The van der Waals surface area contributed by atoms with Gasteiger partial charge in [0.05, 0.1) is 0 Å². The van der Waals surface area contributed by atoms with Crippen LogP contribution in [0.4, 0.5) is 22.7 Å². The van der Waals surface area contributed by atoms with E-state index in [1.165, 1.54) is 22.3 Å². The third kappa shape index (κ3) is 8.99. The third-order valence-corrected chi connectivity index (χ3v) is 6.26. The minimum Gasteiger partial charge on any atom is -0.411 e. The number of hydrogen-bond acceptors (Lipinski definition) is 4. The van der Waals surface area contributed by atoms with Gasteiger partial charge in [-0.3, -0.25) is 0 Å². The number of aryl methyl sites for hydroxylation is 4. The van der Waals surface area contributed by atoms with Crippen molar-refractivity contribution < 1.29 is 0 Å². The molecule has 0 spiro atoms. The summed E-state index contributed by atoms with van der Waals surface area (Å²) in [5, 5.41) is 0. The van der Waals surface area contributed by atoms with Gasteiger partial charge in [-0.1, -0.05) is 79.4 Å². The molecule has 0 amide bonds. The second-order valence-electron chi connectivity index (χ2n) is 8.54. The fourth-order valence-electron chi connectivity index (χ4n) is 3.50. The summed E-state index contributed by atoms with van der Waals surface area (Å²) in [5.41, 5.74) is 8.90. The van der Waals surface area contributed by atoms with E-state index in [9.17, 15) is 0 Å². The maximum Gasteiger partial charge on any atom is 2.00 e. The van der Waals surface area contributed by atoms with Crippen LogP contribution in [0.25, 0.3) is 0 Å². The van der Waals surface area contributed by atoms with Gasteiger partial charge in [0.15, 0.2) is 0 Å². The molecule has 0 atom stereocenters. The maximum absolute atomic E-state index is 5.19. The SMILES string of the molecule is Cc1ccc(N(C(=S)[S-])c2ccc(C)cc2)cc1.Cc1ccc(N(C(=S)[S-])c2ccc(C)cc2)cc1.[Mg+2]. The van der Waals surface area contributed by atoms with E-state index in [1.807, 2.05) is 58.3 Å². The molecule has 0 aliphatic rings.